The van der Waals surface area contributed by atoms with Gasteiger partial charge in [-0.3, -0.25) is 9.59 Å². The van der Waals surface area contributed by atoms with Crippen molar-refractivity contribution >= 4 is 5.91 Å². The van der Waals surface area contributed by atoms with E-state index in [1.165, 1.54) is 12.1 Å². The largest absolute Gasteiger partial charge is 0.474 e. The third kappa shape index (κ3) is 3.30. The Morgan fingerprint density at radius 1 is 1.23 bits per heavy atom. The highest BCUT2D eigenvalue weighted by Crippen LogP contribution is 2.17. The molecule has 0 unspecified atom stereocenters. The van der Waals surface area contributed by atoms with Gasteiger partial charge in [0, 0.05) is 44.3 Å². The number of aromatic amines is 1. The molecule has 0 radical (unpaired) electrons. The third-order valence-corrected chi connectivity index (χ3v) is 3.55. The predicted octanol–water partition coefficient (Wildman–Crippen LogP) is 0.848. The number of nitrogens with one attached hydrogen (secondary N) is 1. The molecular weight excluding hydrogens is 284 g/mol. The number of aromatic nitrogens is 3. The number of carbonyl (C=O) groups is 1. The zero-order chi connectivity index (χ0) is 15.4. The third-order valence-electron chi connectivity index (χ3n) is 3.55. The van der Waals surface area contributed by atoms with Gasteiger partial charge in [-0.05, 0) is 12.1 Å². The lowest BCUT2D eigenvalue weighted by atomic mass is 10.1. The van der Waals surface area contributed by atoms with Gasteiger partial charge in [0.05, 0.1) is 0 Å². The van der Waals surface area contributed by atoms with Crippen LogP contribution in [0.4, 0.5) is 0 Å². The maximum atomic E-state index is 12.3. The number of rotatable bonds is 3. The van der Waals surface area contributed by atoms with Gasteiger partial charge >= 0.3 is 0 Å². The number of ether oxygens (including phenoxy) is 1. The Kier molecular flexibility index (Phi) is 4.13. The van der Waals surface area contributed by atoms with Gasteiger partial charge in [-0.15, -0.1) is 0 Å². The van der Waals surface area contributed by atoms with Gasteiger partial charge in [0.25, 0.3) is 11.5 Å². The molecule has 1 fully saturated rings. The van der Waals surface area contributed by atoms with E-state index in [0.717, 1.165) is 12.8 Å². The van der Waals surface area contributed by atoms with E-state index in [1.807, 2.05) is 18.2 Å². The second-order valence-corrected chi connectivity index (χ2v) is 5.08. The molecule has 3 rings (SSSR count). The first kappa shape index (κ1) is 14.2. The van der Waals surface area contributed by atoms with Crippen LogP contribution in [0.3, 0.4) is 0 Å². The molecule has 0 atom stereocenters. The number of likely N-dealkylation sites (tertiary alicyclic amines) is 1. The Hall–Kier alpha value is -2.70. The van der Waals surface area contributed by atoms with E-state index in [2.05, 4.69) is 15.2 Å². The average Bonchev–Trinajstić information content (AvgIpc) is 2.57. The quantitative estimate of drug-likeness (QED) is 0.908. The SMILES string of the molecule is O=C(c1ccc(=O)[nH]n1)N1CCC(Oc2ccccn2)CC1. The molecule has 1 amide bonds. The first-order valence-corrected chi connectivity index (χ1v) is 7.15. The highest BCUT2D eigenvalue weighted by atomic mass is 16.5. The summed E-state index contributed by atoms with van der Waals surface area (Å²) in [5.74, 6) is 0.433. The fraction of sp³-hybridized carbons (Fsp3) is 0.333. The highest BCUT2D eigenvalue weighted by molar-refractivity contribution is 5.92. The number of carbonyl (C=O) groups excluding carboxylic acids is 1. The summed E-state index contributed by atoms with van der Waals surface area (Å²) in [6.07, 6.45) is 3.23. The molecule has 0 aliphatic carbocycles. The molecular formula is C15H16N4O3. The van der Waals surface area contributed by atoms with Crippen molar-refractivity contribution in [2.45, 2.75) is 18.9 Å². The van der Waals surface area contributed by atoms with Gasteiger partial charge in [-0.2, -0.15) is 5.10 Å². The van der Waals surface area contributed by atoms with Crippen LogP contribution in [0.15, 0.2) is 41.3 Å². The molecule has 1 saturated heterocycles. The van der Waals surface area contributed by atoms with Gasteiger partial charge in [0.15, 0.2) is 0 Å². The molecule has 2 aromatic rings. The van der Waals surface area contributed by atoms with Gasteiger partial charge in [-0.25, -0.2) is 10.1 Å². The monoisotopic (exact) mass is 300 g/mol. The fourth-order valence-electron chi connectivity index (χ4n) is 2.39. The van der Waals surface area contributed by atoms with Gasteiger partial charge in [0.2, 0.25) is 5.88 Å². The summed E-state index contributed by atoms with van der Waals surface area (Å²) in [6.45, 7) is 1.19. The Morgan fingerprint density at radius 3 is 2.68 bits per heavy atom. The van der Waals surface area contributed by atoms with Crippen molar-refractivity contribution < 1.29 is 9.53 Å². The van der Waals surface area contributed by atoms with E-state index < -0.39 is 0 Å². The second-order valence-electron chi connectivity index (χ2n) is 5.08. The second kappa shape index (κ2) is 6.38. The van der Waals surface area contributed by atoms with Crippen molar-refractivity contribution in [2.75, 3.05) is 13.1 Å². The number of hydrogen-bond acceptors (Lipinski definition) is 5. The molecule has 0 bridgehead atoms. The zero-order valence-corrected chi connectivity index (χ0v) is 11.9. The normalized spacial score (nSPS) is 15.5. The number of nitrogens with zero attached hydrogens (tertiary/aromatic N) is 3. The maximum Gasteiger partial charge on any atom is 0.274 e. The number of amides is 1. The highest BCUT2D eigenvalue weighted by Gasteiger charge is 2.25. The number of H-pyrrole nitrogens is 1. The van der Waals surface area contributed by atoms with Crippen LogP contribution in [0.25, 0.3) is 0 Å². The number of piperidine rings is 1. The molecule has 1 aliphatic heterocycles. The Bertz CT molecular complexity index is 673. The van der Waals surface area contributed by atoms with Crippen molar-refractivity contribution in [3.8, 4) is 5.88 Å². The molecule has 0 spiro atoms. The predicted molar refractivity (Wildman–Crippen MR) is 78.6 cm³/mol. The molecule has 0 saturated carbocycles. The van der Waals surface area contributed by atoms with Gasteiger partial charge in [0.1, 0.15) is 11.8 Å². The molecule has 7 heteroatoms. The van der Waals surface area contributed by atoms with Crippen molar-refractivity contribution in [1.82, 2.24) is 20.1 Å². The lowest BCUT2D eigenvalue weighted by Crippen LogP contribution is -2.42. The summed E-state index contributed by atoms with van der Waals surface area (Å²) in [6, 6.07) is 8.28. The zero-order valence-electron chi connectivity index (χ0n) is 11.9. The maximum absolute atomic E-state index is 12.3. The summed E-state index contributed by atoms with van der Waals surface area (Å²) >= 11 is 0. The van der Waals surface area contributed by atoms with Crippen LogP contribution in [-0.4, -0.2) is 45.2 Å². The lowest BCUT2D eigenvalue weighted by molar-refractivity contribution is 0.0581. The summed E-state index contributed by atoms with van der Waals surface area (Å²) in [5.41, 5.74) is -0.0669. The van der Waals surface area contributed by atoms with Crippen LogP contribution in [-0.2, 0) is 0 Å². The summed E-state index contributed by atoms with van der Waals surface area (Å²) in [4.78, 5) is 29.1. The van der Waals surface area contributed by atoms with E-state index in [9.17, 15) is 9.59 Å². The molecule has 1 aliphatic rings. The topological polar surface area (TPSA) is 88.2 Å². The van der Waals surface area contributed by atoms with Crippen molar-refractivity contribution in [1.29, 1.82) is 0 Å². The number of pyridine rings is 1. The summed E-state index contributed by atoms with van der Waals surface area (Å²) in [5, 5.41) is 6.05. The summed E-state index contributed by atoms with van der Waals surface area (Å²) in [7, 11) is 0. The minimum atomic E-state index is -0.320. The van der Waals surface area contributed by atoms with E-state index in [0.29, 0.717) is 19.0 Å². The first-order valence-electron chi connectivity index (χ1n) is 7.15. The number of hydrogen-bond donors (Lipinski definition) is 1. The molecule has 3 heterocycles. The van der Waals surface area contributed by atoms with Gasteiger partial charge < -0.3 is 9.64 Å². The van der Waals surface area contributed by atoms with Crippen molar-refractivity contribution in [2.24, 2.45) is 0 Å². The van der Waals surface area contributed by atoms with Crippen LogP contribution in [0.2, 0.25) is 0 Å². The average molecular weight is 300 g/mol. The first-order chi connectivity index (χ1) is 10.7. The molecule has 114 valence electrons. The Labute approximate surface area is 126 Å². The van der Waals surface area contributed by atoms with E-state index >= 15 is 0 Å². The van der Waals surface area contributed by atoms with Crippen LogP contribution >= 0.6 is 0 Å². The van der Waals surface area contributed by atoms with Crippen LogP contribution < -0.4 is 10.3 Å². The van der Waals surface area contributed by atoms with Crippen molar-refractivity contribution in [3.05, 3.63) is 52.6 Å². The summed E-state index contributed by atoms with van der Waals surface area (Å²) < 4.78 is 5.79. The van der Waals surface area contributed by atoms with Crippen LogP contribution in [0.5, 0.6) is 5.88 Å². The molecule has 22 heavy (non-hydrogen) atoms. The van der Waals surface area contributed by atoms with Crippen molar-refractivity contribution in [3.63, 3.8) is 0 Å². The van der Waals surface area contributed by atoms with E-state index in [-0.39, 0.29) is 23.3 Å². The molecule has 7 nitrogen and oxygen atoms in total. The van der Waals surface area contributed by atoms with Crippen LogP contribution in [0, 0.1) is 0 Å². The smallest absolute Gasteiger partial charge is 0.274 e. The minimum Gasteiger partial charge on any atom is -0.474 e. The Morgan fingerprint density at radius 2 is 2.05 bits per heavy atom. The molecule has 2 aromatic heterocycles. The molecule has 0 aromatic carbocycles. The molecule has 1 N–H and O–H groups in total. The lowest BCUT2D eigenvalue weighted by Gasteiger charge is -2.31. The van der Waals surface area contributed by atoms with Crippen LogP contribution in [0.1, 0.15) is 23.3 Å². The minimum absolute atomic E-state index is 0.0579. The van der Waals surface area contributed by atoms with E-state index in [1.54, 1.807) is 11.1 Å². The van der Waals surface area contributed by atoms with Gasteiger partial charge in [-0.1, -0.05) is 6.07 Å². The fourth-order valence-corrected chi connectivity index (χ4v) is 2.39. The standard InChI is InChI=1S/C15H16N4O3/c20-13-5-4-12(17-18-13)15(21)19-9-6-11(7-10-19)22-14-3-1-2-8-16-14/h1-5,8,11H,6-7,9-10H2,(H,18,20). The Balaban J connectivity index is 1.56. The van der Waals surface area contributed by atoms with E-state index in [4.69, 9.17) is 4.74 Å².